The Bertz CT molecular complexity index is 1290. The van der Waals surface area contributed by atoms with E-state index in [0.29, 0.717) is 12.0 Å². The number of carbonyl (C=O) groups excluding carboxylic acids is 1. The Kier molecular flexibility index (Phi) is 6.90. The summed E-state index contributed by atoms with van der Waals surface area (Å²) < 4.78 is 0. The topological polar surface area (TPSA) is 82.2 Å². The fourth-order valence-corrected chi connectivity index (χ4v) is 5.88. The van der Waals surface area contributed by atoms with Crippen LogP contribution in [0.2, 0.25) is 0 Å². The van der Waals surface area contributed by atoms with Crippen molar-refractivity contribution >= 4 is 23.2 Å². The number of hydrogen-bond acceptors (Lipinski definition) is 6. The first-order chi connectivity index (χ1) is 17.8. The summed E-state index contributed by atoms with van der Waals surface area (Å²) in [6, 6.07) is 12.7. The lowest BCUT2D eigenvalue weighted by atomic mass is 9.63. The van der Waals surface area contributed by atoms with Crippen LogP contribution in [0.15, 0.2) is 42.6 Å². The van der Waals surface area contributed by atoms with Crippen molar-refractivity contribution in [2.75, 3.05) is 24.2 Å². The van der Waals surface area contributed by atoms with Gasteiger partial charge in [-0.15, -0.1) is 0 Å². The number of aryl methyl sites for hydroxylation is 3. The third-order valence-corrected chi connectivity index (χ3v) is 8.14. The molecular formula is C30H38N6O. The van der Waals surface area contributed by atoms with Gasteiger partial charge in [0.05, 0.1) is 5.69 Å². The van der Waals surface area contributed by atoms with Gasteiger partial charge in [-0.2, -0.15) is 0 Å². The van der Waals surface area contributed by atoms with Gasteiger partial charge in [-0.1, -0.05) is 13.0 Å². The Morgan fingerprint density at radius 1 is 1.08 bits per heavy atom. The molecule has 37 heavy (non-hydrogen) atoms. The standard InChI is InChI=1S/C30H38N6O/c1-6-30(18-33-28(37)22-7-8-26(31-5)21(4)12-22)13-25(14-30)36-16-23-15-32-29(35-27(23)17-36)34-24-10-19(2)9-20(3)11-24/h7-12,15,25,31H,6,13-14,16-18H2,1-5H3,(H,33,37)(H,32,34,35). The number of aromatic nitrogens is 2. The molecule has 1 saturated carbocycles. The minimum absolute atomic E-state index is 0.00899. The van der Waals surface area contributed by atoms with E-state index >= 15 is 0 Å². The summed E-state index contributed by atoms with van der Waals surface area (Å²) in [5.41, 5.74) is 8.80. The molecule has 3 aromatic rings. The van der Waals surface area contributed by atoms with Crippen LogP contribution in [0.3, 0.4) is 0 Å². The molecule has 1 amide bonds. The zero-order chi connectivity index (χ0) is 26.2. The van der Waals surface area contributed by atoms with E-state index in [-0.39, 0.29) is 11.3 Å². The molecule has 2 aliphatic rings. The van der Waals surface area contributed by atoms with E-state index < -0.39 is 0 Å². The van der Waals surface area contributed by atoms with E-state index in [2.05, 4.69) is 64.8 Å². The van der Waals surface area contributed by atoms with Crippen LogP contribution in [0.5, 0.6) is 0 Å². The maximum atomic E-state index is 12.8. The van der Waals surface area contributed by atoms with Gasteiger partial charge in [-0.05, 0) is 92.5 Å². The van der Waals surface area contributed by atoms with E-state index in [1.165, 1.54) is 16.7 Å². The number of benzene rings is 2. The van der Waals surface area contributed by atoms with Crippen molar-refractivity contribution in [3.05, 3.63) is 76.1 Å². The molecule has 7 heteroatoms. The van der Waals surface area contributed by atoms with Gasteiger partial charge >= 0.3 is 0 Å². The number of fused-ring (bicyclic) bond motifs is 1. The first-order valence-electron chi connectivity index (χ1n) is 13.3. The smallest absolute Gasteiger partial charge is 0.251 e. The molecule has 2 aromatic carbocycles. The van der Waals surface area contributed by atoms with Crippen LogP contribution in [0.1, 0.15) is 64.5 Å². The number of nitrogens with one attached hydrogen (secondary N) is 3. The number of hydrogen-bond donors (Lipinski definition) is 3. The van der Waals surface area contributed by atoms with Crippen LogP contribution in [0, 0.1) is 26.2 Å². The third-order valence-electron chi connectivity index (χ3n) is 8.14. The van der Waals surface area contributed by atoms with E-state index in [4.69, 9.17) is 4.98 Å². The van der Waals surface area contributed by atoms with Gasteiger partial charge in [0.2, 0.25) is 5.95 Å². The average Bonchev–Trinajstić information content (AvgIpc) is 3.25. The quantitative estimate of drug-likeness (QED) is 0.381. The van der Waals surface area contributed by atoms with Crippen LogP contribution in [0.25, 0.3) is 0 Å². The average molecular weight is 499 g/mol. The summed E-state index contributed by atoms with van der Waals surface area (Å²) >= 11 is 0. The van der Waals surface area contributed by atoms with Crippen molar-refractivity contribution in [3.63, 3.8) is 0 Å². The number of nitrogens with zero attached hydrogens (tertiary/aromatic N) is 3. The monoisotopic (exact) mass is 498 g/mol. The molecule has 0 bridgehead atoms. The van der Waals surface area contributed by atoms with Crippen molar-refractivity contribution in [3.8, 4) is 0 Å². The first-order valence-corrected chi connectivity index (χ1v) is 13.3. The zero-order valence-electron chi connectivity index (χ0n) is 22.6. The van der Waals surface area contributed by atoms with Crippen LogP contribution in [-0.4, -0.2) is 40.4 Å². The molecule has 2 heterocycles. The lowest BCUT2D eigenvalue weighted by Crippen LogP contribution is -2.53. The van der Waals surface area contributed by atoms with Gasteiger partial charge in [0.15, 0.2) is 0 Å². The van der Waals surface area contributed by atoms with Crippen molar-refractivity contribution < 1.29 is 4.79 Å². The summed E-state index contributed by atoms with van der Waals surface area (Å²) in [5, 5.41) is 9.74. The molecule has 0 atom stereocenters. The predicted molar refractivity (Wildman–Crippen MR) is 149 cm³/mol. The normalized spacial score (nSPS) is 20.7. The highest BCUT2D eigenvalue weighted by molar-refractivity contribution is 5.94. The second-order valence-corrected chi connectivity index (χ2v) is 10.9. The van der Waals surface area contributed by atoms with Crippen molar-refractivity contribution in [2.45, 2.75) is 66.1 Å². The lowest BCUT2D eigenvalue weighted by molar-refractivity contribution is -0.00436. The molecule has 1 aromatic heterocycles. The molecule has 7 nitrogen and oxygen atoms in total. The molecule has 1 fully saturated rings. The molecule has 0 spiro atoms. The molecule has 3 N–H and O–H groups in total. The summed E-state index contributed by atoms with van der Waals surface area (Å²) in [4.78, 5) is 24.8. The molecule has 0 radical (unpaired) electrons. The first kappa shape index (κ1) is 25.2. The maximum Gasteiger partial charge on any atom is 0.251 e. The van der Waals surface area contributed by atoms with Crippen molar-refractivity contribution in [1.82, 2.24) is 20.2 Å². The van der Waals surface area contributed by atoms with E-state index in [9.17, 15) is 4.79 Å². The minimum atomic E-state index is 0.00899. The predicted octanol–water partition coefficient (Wildman–Crippen LogP) is 5.49. The molecular weight excluding hydrogens is 460 g/mol. The van der Waals surface area contributed by atoms with Gasteiger partial charge in [0, 0.05) is 61.4 Å². The maximum absolute atomic E-state index is 12.8. The van der Waals surface area contributed by atoms with Crippen molar-refractivity contribution in [1.29, 1.82) is 0 Å². The van der Waals surface area contributed by atoms with Gasteiger partial charge < -0.3 is 16.0 Å². The van der Waals surface area contributed by atoms with Gasteiger partial charge in [0.1, 0.15) is 0 Å². The fraction of sp³-hybridized carbons (Fsp3) is 0.433. The summed E-state index contributed by atoms with van der Waals surface area (Å²) in [7, 11) is 1.90. The molecule has 1 aliphatic heterocycles. The molecule has 0 unspecified atom stereocenters. The van der Waals surface area contributed by atoms with Crippen LogP contribution >= 0.6 is 0 Å². The minimum Gasteiger partial charge on any atom is -0.388 e. The highest BCUT2D eigenvalue weighted by atomic mass is 16.1. The number of carbonyl (C=O) groups is 1. The molecule has 1 aliphatic carbocycles. The SMILES string of the molecule is CCC1(CNC(=O)c2ccc(NC)c(C)c2)CC(N2Cc3cnc(Nc4cc(C)cc(C)c4)nc3C2)C1. The molecule has 194 valence electrons. The van der Waals surface area contributed by atoms with Gasteiger partial charge in [-0.25, -0.2) is 9.97 Å². The number of amides is 1. The second-order valence-electron chi connectivity index (χ2n) is 10.9. The lowest BCUT2D eigenvalue weighted by Gasteiger charge is -2.51. The third kappa shape index (κ3) is 5.32. The summed E-state index contributed by atoms with van der Waals surface area (Å²) in [6.45, 7) is 10.9. The molecule has 0 saturated heterocycles. The Morgan fingerprint density at radius 3 is 2.51 bits per heavy atom. The van der Waals surface area contributed by atoms with Crippen LogP contribution in [0.4, 0.5) is 17.3 Å². The Hall–Kier alpha value is -3.45. The largest absolute Gasteiger partial charge is 0.388 e. The Balaban J connectivity index is 1.16. The zero-order valence-corrected chi connectivity index (χ0v) is 22.6. The number of rotatable bonds is 8. The van der Waals surface area contributed by atoms with Crippen LogP contribution < -0.4 is 16.0 Å². The summed E-state index contributed by atoms with van der Waals surface area (Å²) in [5.74, 6) is 0.664. The van der Waals surface area contributed by atoms with E-state index in [1.54, 1.807) is 0 Å². The van der Waals surface area contributed by atoms with E-state index in [1.807, 2.05) is 38.4 Å². The van der Waals surface area contributed by atoms with Crippen LogP contribution in [-0.2, 0) is 13.1 Å². The number of anilines is 3. The second kappa shape index (κ2) is 10.1. The van der Waals surface area contributed by atoms with Crippen molar-refractivity contribution in [2.24, 2.45) is 5.41 Å². The highest BCUT2D eigenvalue weighted by Gasteiger charge is 2.46. The fourth-order valence-electron chi connectivity index (χ4n) is 5.88. The van der Waals surface area contributed by atoms with Gasteiger partial charge in [-0.3, -0.25) is 9.69 Å². The summed E-state index contributed by atoms with van der Waals surface area (Å²) in [6.07, 6.45) is 5.22. The highest BCUT2D eigenvalue weighted by Crippen LogP contribution is 2.47. The van der Waals surface area contributed by atoms with E-state index in [0.717, 1.165) is 67.1 Å². The Labute approximate surface area is 220 Å². The van der Waals surface area contributed by atoms with Gasteiger partial charge in [0.25, 0.3) is 5.91 Å². The molecule has 5 rings (SSSR count). The Morgan fingerprint density at radius 2 is 1.84 bits per heavy atom.